The number of aryl methyl sites for hydroxylation is 1. The standard InChI is InChI=1S/C25H40O5/c1-3-5-9-12-21-23(29-21)17-24-22(30-24)13-10-7-6-8-11-14-25(26)27-18-20-16-15-19(4-2)28-20/h15-16,21-24H,3-14,17-18H2,1-2H3. The summed E-state index contributed by atoms with van der Waals surface area (Å²) in [6.45, 7) is 4.53. The topological polar surface area (TPSA) is 64.5 Å². The molecule has 0 spiro atoms. The van der Waals surface area contributed by atoms with Crippen LogP contribution in [0.15, 0.2) is 16.5 Å². The lowest BCUT2D eigenvalue weighted by Crippen LogP contribution is -2.04. The maximum absolute atomic E-state index is 11.8. The Morgan fingerprint density at radius 1 is 0.833 bits per heavy atom. The van der Waals surface area contributed by atoms with Gasteiger partial charge in [0, 0.05) is 19.3 Å². The average Bonchev–Trinajstić information content (AvgIpc) is 3.62. The quantitative estimate of drug-likeness (QED) is 0.172. The Kier molecular flexibility index (Phi) is 9.73. The van der Waals surface area contributed by atoms with Gasteiger partial charge in [0.2, 0.25) is 0 Å². The molecule has 30 heavy (non-hydrogen) atoms. The van der Waals surface area contributed by atoms with Crippen molar-refractivity contribution >= 4 is 5.97 Å². The van der Waals surface area contributed by atoms with Gasteiger partial charge in [0.1, 0.15) is 18.1 Å². The fourth-order valence-corrected chi connectivity index (χ4v) is 4.16. The van der Waals surface area contributed by atoms with E-state index in [1.807, 2.05) is 19.1 Å². The smallest absolute Gasteiger partial charge is 0.306 e. The summed E-state index contributed by atoms with van der Waals surface area (Å²) in [6.07, 6.45) is 16.2. The van der Waals surface area contributed by atoms with Crippen molar-refractivity contribution in [2.24, 2.45) is 0 Å². The molecule has 2 aliphatic heterocycles. The lowest BCUT2D eigenvalue weighted by Gasteiger charge is -2.03. The van der Waals surface area contributed by atoms with Gasteiger partial charge in [-0.15, -0.1) is 0 Å². The van der Waals surface area contributed by atoms with Crippen LogP contribution in [0.2, 0.25) is 0 Å². The van der Waals surface area contributed by atoms with Gasteiger partial charge in [-0.3, -0.25) is 4.79 Å². The fourth-order valence-electron chi connectivity index (χ4n) is 4.16. The molecule has 0 aromatic carbocycles. The third kappa shape index (κ3) is 8.43. The highest BCUT2D eigenvalue weighted by atomic mass is 16.6. The Bertz CT molecular complexity index is 625. The van der Waals surface area contributed by atoms with Gasteiger partial charge in [-0.2, -0.15) is 0 Å². The van der Waals surface area contributed by atoms with Crippen molar-refractivity contribution in [2.75, 3.05) is 0 Å². The highest BCUT2D eigenvalue weighted by Gasteiger charge is 2.47. The Hall–Kier alpha value is -1.33. The summed E-state index contributed by atoms with van der Waals surface area (Å²) in [5.74, 6) is 1.52. The highest BCUT2D eigenvalue weighted by Crippen LogP contribution is 2.39. The summed E-state index contributed by atoms with van der Waals surface area (Å²) in [7, 11) is 0. The van der Waals surface area contributed by atoms with E-state index in [2.05, 4.69) is 6.92 Å². The lowest BCUT2D eigenvalue weighted by atomic mass is 10.0. The van der Waals surface area contributed by atoms with Crippen molar-refractivity contribution < 1.29 is 23.4 Å². The maximum atomic E-state index is 11.8. The van der Waals surface area contributed by atoms with E-state index in [1.54, 1.807) is 0 Å². The van der Waals surface area contributed by atoms with Crippen LogP contribution in [0.1, 0.15) is 102 Å². The minimum atomic E-state index is -0.131. The number of hydrogen-bond donors (Lipinski definition) is 0. The third-order valence-corrected chi connectivity index (χ3v) is 6.24. The van der Waals surface area contributed by atoms with Crippen LogP contribution in [0.25, 0.3) is 0 Å². The number of carbonyl (C=O) groups excluding carboxylic acids is 1. The van der Waals surface area contributed by atoms with Gasteiger partial charge in [-0.25, -0.2) is 0 Å². The molecule has 170 valence electrons. The monoisotopic (exact) mass is 420 g/mol. The van der Waals surface area contributed by atoms with E-state index in [-0.39, 0.29) is 12.6 Å². The van der Waals surface area contributed by atoms with E-state index in [1.165, 1.54) is 51.4 Å². The molecular formula is C25H40O5. The molecule has 0 amide bonds. The molecule has 2 saturated heterocycles. The molecule has 0 saturated carbocycles. The number of furan rings is 1. The Balaban J connectivity index is 1.09. The van der Waals surface area contributed by atoms with Gasteiger partial charge < -0.3 is 18.6 Å². The molecule has 1 aromatic heterocycles. The normalized spacial score (nSPS) is 24.7. The molecule has 4 atom stereocenters. The van der Waals surface area contributed by atoms with Gasteiger partial charge in [0.15, 0.2) is 0 Å². The van der Waals surface area contributed by atoms with E-state index < -0.39 is 0 Å². The number of epoxide rings is 2. The summed E-state index contributed by atoms with van der Waals surface area (Å²) in [4.78, 5) is 11.8. The fraction of sp³-hybridized carbons (Fsp3) is 0.800. The SMILES string of the molecule is CCCCCC1OC1CC1OC1CCCCCCCC(=O)OCc1ccc(CC)o1. The Labute approximate surface area is 181 Å². The first kappa shape index (κ1) is 23.3. The van der Waals surface area contributed by atoms with Crippen molar-refractivity contribution in [1.29, 1.82) is 0 Å². The van der Waals surface area contributed by atoms with Crippen molar-refractivity contribution in [2.45, 2.75) is 128 Å². The minimum absolute atomic E-state index is 0.131. The van der Waals surface area contributed by atoms with E-state index in [9.17, 15) is 4.79 Å². The molecule has 5 heteroatoms. The van der Waals surface area contributed by atoms with Crippen LogP contribution in [-0.2, 0) is 32.0 Å². The zero-order valence-electron chi connectivity index (χ0n) is 18.9. The summed E-state index contributed by atoms with van der Waals surface area (Å²) >= 11 is 0. The number of ether oxygens (including phenoxy) is 3. The Morgan fingerprint density at radius 3 is 2.13 bits per heavy atom. The van der Waals surface area contributed by atoms with Crippen LogP contribution in [0, 0.1) is 0 Å². The average molecular weight is 421 g/mol. The van der Waals surface area contributed by atoms with Gasteiger partial charge in [-0.1, -0.05) is 58.8 Å². The zero-order chi connectivity index (χ0) is 21.2. The van der Waals surface area contributed by atoms with Gasteiger partial charge >= 0.3 is 5.97 Å². The lowest BCUT2D eigenvalue weighted by molar-refractivity contribution is -0.145. The van der Waals surface area contributed by atoms with Crippen LogP contribution in [0.3, 0.4) is 0 Å². The molecule has 2 fully saturated rings. The zero-order valence-corrected chi connectivity index (χ0v) is 18.9. The number of esters is 1. The van der Waals surface area contributed by atoms with Crippen molar-refractivity contribution in [3.63, 3.8) is 0 Å². The van der Waals surface area contributed by atoms with Crippen LogP contribution >= 0.6 is 0 Å². The number of hydrogen-bond acceptors (Lipinski definition) is 5. The summed E-state index contributed by atoms with van der Waals surface area (Å²) in [5, 5.41) is 0. The summed E-state index contributed by atoms with van der Waals surface area (Å²) < 4.78 is 22.4. The molecule has 5 nitrogen and oxygen atoms in total. The minimum Gasteiger partial charge on any atom is -0.462 e. The van der Waals surface area contributed by atoms with E-state index in [0.717, 1.165) is 37.2 Å². The van der Waals surface area contributed by atoms with Crippen LogP contribution in [-0.4, -0.2) is 30.4 Å². The second kappa shape index (κ2) is 12.5. The van der Waals surface area contributed by atoms with Crippen LogP contribution < -0.4 is 0 Å². The number of unbranched alkanes of at least 4 members (excludes halogenated alkanes) is 6. The Morgan fingerprint density at radius 2 is 1.47 bits per heavy atom. The van der Waals surface area contributed by atoms with E-state index >= 15 is 0 Å². The first-order valence-corrected chi connectivity index (χ1v) is 12.2. The summed E-state index contributed by atoms with van der Waals surface area (Å²) in [5.41, 5.74) is 0. The molecular weight excluding hydrogens is 380 g/mol. The van der Waals surface area contributed by atoms with Crippen molar-refractivity contribution in [3.8, 4) is 0 Å². The van der Waals surface area contributed by atoms with Gasteiger partial charge in [-0.05, 0) is 31.4 Å². The predicted molar refractivity (Wildman–Crippen MR) is 116 cm³/mol. The molecule has 3 rings (SSSR count). The largest absolute Gasteiger partial charge is 0.462 e. The van der Waals surface area contributed by atoms with E-state index in [0.29, 0.717) is 30.8 Å². The van der Waals surface area contributed by atoms with Crippen LogP contribution in [0.5, 0.6) is 0 Å². The second-order valence-corrected chi connectivity index (χ2v) is 8.85. The van der Waals surface area contributed by atoms with Crippen molar-refractivity contribution in [1.82, 2.24) is 0 Å². The number of rotatable bonds is 17. The third-order valence-electron chi connectivity index (χ3n) is 6.24. The van der Waals surface area contributed by atoms with Gasteiger partial charge in [0.05, 0.1) is 24.4 Å². The first-order valence-electron chi connectivity index (χ1n) is 12.2. The molecule has 4 unspecified atom stereocenters. The molecule has 0 N–H and O–H groups in total. The van der Waals surface area contributed by atoms with Crippen molar-refractivity contribution in [3.05, 3.63) is 23.7 Å². The van der Waals surface area contributed by atoms with Gasteiger partial charge in [0.25, 0.3) is 0 Å². The van der Waals surface area contributed by atoms with E-state index in [4.69, 9.17) is 18.6 Å². The molecule has 0 aliphatic carbocycles. The molecule has 1 aromatic rings. The summed E-state index contributed by atoms with van der Waals surface area (Å²) in [6, 6.07) is 3.81. The molecule has 3 heterocycles. The predicted octanol–water partition coefficient (Wildman–Crippen LogP) is 6.12. The first-order chi connectivity index (χ1) is 14.7. The highest BCUT2D eigenvalue weighted by molar-refractivity contribution is 5.69. The van der Waals surface area contributed by atoms with Crippen LogP contribution in [0.4, 0.5) is 0 Å². The number of carbonyl (C=O) groups is 1. The molecule has 2 aliphatic rings. The second-order valence-electron chi connectivity index (χ2n) is 8.85. The molecule has 0 bridgehead atoms. The maximum Gasteiger partial charge on any atom is 0.306 e. The molecule has 0 radical (unpaired) electrons.